The molecule has 3 rings (SSSR count). The van der Waals surface area contributed by atoms with Crippen molar-refractivity contribution in [3.8, 4) is 5.75 Å². The van der Waals surface area contributed by atoms with Crippen LogP contribution in [0.15, 0.2) is 48.5 Å². The Bertz CT molecular complexity index is 782. The Balaban J connectivity index is 1.59. The molecule has 1 aliphatic heterocycles. The molecule has 0 unspecified atom stereocenters. The van der Waals surface area contributed by atoms with Crippen LogP contribution >= 0.6 is 0 Å². The van der Waals surface area contributed by atoms with Crippen molar-refractivity contribution in [3.63, 3.8) is 0 Å². The van der Waals surface area contributed by atoms with Crippen LogP contribution < -0.4 is 4.74 Å². The number of amides is 2. The average Bonchev–Trinajstić information content (AvgIpc) is 2.83. The smallest absolute Gasteiger partial charge is 0.419 e. The number of halogens is 3. The van der Waals surface area contributed by atoms with E-state index in [4.69, 9.17) is 4.74 Å². The number of hydrogen-bond acceptors (Lipinski definition) is 3. The molecule has 4 nitrogen and oxygen atoms in total. The van der Waals surface area contributed by atoms with Crippen LogP contribution in [-0.4, -0.2) is 29.9 Å². The van der Waals surface area contributed by atoms with Crippen LogP contribution in [0.3, 0.4) is 0 Å². The highest BCUT2D eigenvalue weighted by Crippen LogP contribution is 2.35. The molecule has 0 N–H and O–H groups in total. The number of alkyl halides is 3. The van der Waals surface area contributed by atoms with Gasteiger partial charge in [-0.05, 0) is 30.7 Å². The van der Waals surface area contributed by atoms with Crippen LogP contribution in [-0.2, 0) is 6.18 Å². The molecule has 2 aromatic rings. The molecule has 0 atom stereocenters. The Morgan fingerprint density at radius 1 is 0.880 bits per heavy atom. The SMILES string of the molecule is O=C1c2ccccc2C(=O)N1CCCOc1ccccc1C(F)(F)F. The fourth-order valence-corrected chi connectivity index (χ4v) is 2.67. The summed E-state index contributed by atoms with van der Waals surface area (Å²) in [6, 6.07) is 11.4. The minimum absolute atomic E-state index is 0.0412. The third-order valence-corrected chi connectivity index (χ3v) is 3.85. The molecule has 0 spiro atoms. The number of benzene rings is 2. The van der Waals surface area contributed by atoms with Gasteiger partial charge in [-0.2, -0.15) is 13.2 Å². The van der Waals surface area contributed by atoms with Gasteiger partial charge in [0.2, 0.25) is 0 Å². The van der Waals surface area contributed by atoms with E-state index in [1.165, 1.54) is 18.2 Å². The van der Waals surface area contributed by atoms with Crippen LogP contribution in [0.2, 0.25) is 0 Å². The summed E-state index contributed by atoms with van der Waals surface area (Å²) in [4.78, 5) is 25.4. The van der Waals surface area contributed by atoms with Crippen molar-refractivity contribution in [2.75, 3.05) is 13.2 Å². The quantitative estimate of drug-likeness (QED) is 0.610. The number of hydrogen-bond donors (Lipinski definition) is 0. The van der Waals surface area contributed by atoms with E-state index in [1.807, 2.05) is 0 Å². The first-order valence-electron chi connectivity index (χ1n) is 7.64. The van der Waals surface area contributed by atoms with Gasteiger partial charge >= 0.3 is 6.18 Å². The summed E-state index contributed by atoms with van der Waals surface area (Å²) in [6.45, 7) is 0.0427. The van der Waals surface area contributed by atoms with Crippen molar-refractivity contribution in [2.24, 2.45) is 0 Å². The molecule has 1 heterocycles. The van der Waals surface area contributed by atoms with Gasteiger partial charge in [0, 0.05) is 6.54 Å². The Hall–Kier alpha value is -2.83. The second-order valence-electron chi connectivity index (χ2n) is 5.50. The van der Waals surface area contributed by atoms with Gasteiger partial charge in [-0.3, -0.25) is 14.5 Å². The number of imide groups is 1. The van der Waals surface area contributed by atoms with E-state index in [0.29, 0.717) is 11.1 Å². The van der Waals surface area contributed by atoms with Crippen molar-refractivity contribution >= 4 is 11.8 Å². The van der Waals surface area contributed by atoms with Gasteiger partial charge in [0.15, 0.2) is 0 Å². The highest BCUT2D eigenvalue weighted by Gasteiger charge is 2.35. The first kappa shape index (κ1) is 17.0. The Kier molecular flexibility index (Phi) is 4.48. The van der Waals surface area contributed by atoms with E-state index < -0.39 is 23.6 Å². The lowest BCUT2D eigenvalue weighted by molar-refractivity contribution is -0.138. The first-order chi connectivity index (χ1) is 11.9. The highest BCUT2D eigenvalue weighted by atomic mass is 19.4. The van der Waals surface area contributed by atoms with Crippen molar-refractivity contribution in [3.05, 3.63) is 65.2 Å². The lowest BCUT2D eigenvalue weighted by Gasteiger charge is -2.16. The summed E-state index contributed by atoms with van der Waals surface area (Å²) in [5.41, 5.74) is -0.164. The van der Waals surface area contributed by atoms with Gasteiger partial charge in [-0.25, -0.2) is 0 Å². The second kappa shape index (κ2) is 6.58. The van der Waals surface area contributed by atoms with Gasteiger partial charge in [0.25, 0.3) is 11.8 Å². The van der Waals surface area contributed by atoms with Crippen molar-refractivity contribution in [1.82, 2.24) is 4.90 Å². The lowest BCUT2D eigenvalue weighted by atomic mass is 10.1. The van der Waals surface area contributed by atoms with E-state index in [2.05, 4.69) is 0 Å². The molecule has 7 heteroatoms. The molecule has 0 aromatic heterocycles. The zero-order valence-electron chi connectivity index (χ0n) is 13.0. The van der Waals surface area contributed by atoms with Gasteiger partial charge in [-0.15, -0.1) is 0 Å². The summed E-state index contributed by atoms with van der Waals surface area (Å²) in [5.74, 6) is -1.05. The summed E-state index contributed by atoms with van der Waals surface area (Å²) in [6.07, 6.45) is -4.27. The minimum atomic E-state index is -4.50. The molecule has 0 radical (unpaired) electrons. The first-order valence-corrected chi connectivity index (χ1v) is 7.64. The number of para-hydroxylation sites is 1. The van der Waals surface area contributed by atoms with Crippen molar-refractivity contribution in [1.29, 1.82) is 0 Å². The Morgan fingerprint density at radius 3 is 2.04 bits per heavy atom. The zero-order chi connectivity index (χ0) is 18.0. The number of nitrogens with zero attached hydrogens (tertiary/aromatic N) is 1. The standard InChI is InChI=1S/C18H14F3NO3/c19-18(20,21)14-8-3-4-9-15(14)25-11-5-10-22-16(23)12-6-1-2-7-13(12)17(22)24/h1-4,6-9H,5,10-11H2. The molecule has 0 aliphatic carbocycles. The fourth-order valence-electron chi connectivity index (χ4n) is 2.67. The summed E-state index contributed by atoms with van der Waals surface area (Å²) in [7, 11) is 0. The van der Waals surface area contributed by atoms with Crippen LogP contribution in [0.1, 0.15) is 32.7 Å². The van der Waals surface area contributed by atoms with Gasteiger partial charge < -0.3 is 4.74 Å². The molecule has 25 heavy (non-hydrogen) atoms. The number of carbonyl (C=O) groups excluding carboxylic acids is 2. The van der Waals surface area contributed by atoms with Gasteiger partial charge in [0.1, 0.15) is 5.75 Å². The maximum absolute atomic E-state index is 12.9. The molecule has 0 saturated carbocycles. The number of rotatable bonds is 5. The summed E-state index contributed by atoms with van der Waals surface area (Å²) < 4.78 is 43.8. The average molecular weight is 349 g/mol. The van der Waals surface area contributed by atoms with Crippen LogP contribution in [0.4, 0.5) is 13.2 Å². The largest absolute Gasteiger partial charge is 0.493 e. The summed E-state index contributed by atoms with van der Waals surface area (Å²) in [5, 5.41) is 0. The minimum Gasteiger partial charge on any atom is -0.493 e. The van der Waals surface area contributed by atoms with E-state index in [-0.39, 0.29) is 25.3 Å². The predicted molar refractivity (Wildman–Crippen MR) is 83.4 cm³/mol. The fraction of sp³-hybridized carbons (Fsp3) is 0.222. The molecule has 130 valence electrons. The van der Waals surface area contributed by atoms with E-state index in [1.54, 1.807) is 24.3 Å². The Morgan fingerprint density at radius 2 is 1.44 bits per heavy atom. The second-order valence-corrected chi connectivity index (χ2v) is 5.50. The maximum Gasteiger partial charge on any atom is 0.419 e. The van der Waals surface area contributed by atoms with Crippen LogP contribution in [0, 0.1) is 0 Å². The monoisotopic (exact) mass is 349 g/mol. The van der Waals surface area contributed by atoms with Crippen LogP contribution in [0.5, 0.6) is 5.75 Å². The molecular formula is C18H14F3NO3. The Labute approximate surface area is 141 Å². The molecule has 0 fully saturated rings. The number of fused-ring (bicyclic) bond motifs is 1. The highest BCUT2D eigenvalue weighted by molar-refractivity contribution is 6.21. The third kappa shape index (κ3) is 3.35. The molecule has 1 aliphatic rings. The molecule has 0 saturated heterocycles. The van der Waals surface area contributed by atoms with Crippen LogP contribution in [0.25, 0.3) is 0 Å². The third-order valence-electron chi connectivity index (χ3n) is 3.85. The molecule has 2 aromatic carbocycles. The normalized spacial score (nSPS) is 14.0. The molecular weight excluding hydrogens is 335 g/mol. The lowest BCUT2D eigenvalue weighted by Crippen LogP contribution is -2.31. The predicted octanol–water partition coefficient (Wildman–Crippen LogP) is 3.77. The van der Waals surface area contributed by atoms with Crippen molar-refractivity contribution < 1.29 is 27.5 Å². The number of ether oxygens (including phenoxy) is 1. The number of carbonyl (C=O) groups is 2. The summed E-state index contributed by atoms with van der Waals surface area (Å²) >= 11 is 0. The molecule has 0 bridgehead atoms. The van der Waals surface area contributed by atoms with Crippen molar-refractivity contribution in [2.45, 2.75) is 12.6 Å². The van der Waals surface area contributed by atoms with E-state index in [0.717, 1.165) is 11.0 Å². The molecule has 2 amide bonds. The maximum atomic E-state index is 12.9. The van der Waals surface area contributed by atoms with E-state index >= 15 is 0 Å². The van der Waals surface area contributed by atoms with E-state index in [9.17, 15) is 22.8 Å². The van der Waals surface area contributed by atoms with Gasteiger partial charge in [-0.1, -0.05) is 24.3 Å². The van der Waals surface area contributed by atoms with Gasteiger partial charge in [0.05, 0.1) is 23.3 Å². The zero-order valence-corrected chi connectivity index (χ0v) is 13.0. The topological polar surface area (TPSA) is 46.6 Å².